The predicted octanol–water partition coefficient (Wildman–Crippen LogP) is 1.36. The first-order valence-electron chi connectivity index (χ1n) is 11.7. The summed E-state index contributed by atoms with van der Waals surface area (Å²) >= 11 is 0. The minimum Gasteiger partial charge on any atom is -0.491 e. The maximum absolute atomic E-state index is 12.3. The molecule has 8 nitrogen and oxygen atoms in total. The molecule has 0 saturated heterocycles. The van der Waals surface area contributed by atoms with E-state index >= 15 is 0 Å². The maximum Gasteiger partial charge on any atom is 0.220 e. The second-order valence-electron chi connectivity index (χ2n) is 8.58. The number of carbonyl (C=O) groups excluding carboxylic acids is 2. The third-order valence-electron chi connectivity index (χ3n) is 5.93. The van der Waals surface area contributed by atoms with Crippen LogP contribution in [0.3, 0.4) is 0 Å². The second kappa shape index (κ2) is 14.8. The van der Waals surface area contributed by atoms with Crippen molar-refractivity contribution in [2.45, 2.75) is 63.2 Å². The summed E-state index contributed by atoms with van der Waals surface area (Å²) in [6.45, 7) is -0.501. The van der Waals surface area contributed by atoms with E-state index in [1.54, 1.807) is 24.3 Å². The first-order valence-corrected chi connectivity index (χ1v) is 11.7. The first kappa shape index (κ1) is 27.0. The lowest BCUT2D eigenvalue weighted by Crippen LogP contribution is -2.39. The Morgan fingerprint density at radius 2 is 1.82 bits per heavy atom. The average molecular weight is 464 g/mol. The number of aliphatic hydroxyl groups is 4. The van der Waals surface area contributed by atoms with Crippen LogP contribution in [-0.4, -0.2) is 70.2 Å². The molecule has 0 spiro atoms. The molecule has 0 aromatic heterocycles. The molecule has 0 aliphatic heterocycles. The number of benzene rings is 1. The molecule has 184 valence electrons. The monoisotopic (exact) mass is 463 g/mol. The Bertz CT molecular complexity index is 736. The number of hydrogen-bond acceptors (Lipinski definition) is 7. The van der Waals surface area contributed by atoms with Gasteiger partial charge in [-0.15, -0.1) is 0 Å². The van der Waals surface area contributed by atoms with Gasteiger partial charge in [0.2, 0.25) is 5.91 Å². The normalized spacial score (nSPS) is 21.6. The van der Waals surface area contributed by atoms with Crippen LogP contribution < -0.4 is 10.1 Å². The highest BCUT2D eigenvalue weighted by atomic mass is 16.5. The summed E-state index contributed by atoms with van der Waals surface area (Å²) in [7, 11) is 0. The fraction of sp³-hybridized carbons (Fsp3) is 0.600. The Morgan fingerprint density at radius 1 is 1.12 bits per heavy atom. The van der Waals surface area contributed by atoms with Crippen molar-refractivity contribution in [3.05, 3.63) is 42.5 Å². The van der Waals surface area contributed by atoms with Crippen molar-refractivity contribution in [2.75, 3.05) is 19.8 Å². The largest absolute Gasteiger partial charge is 0.491 e. The Labute approximate surface area is 195 Å². The lowest BCUT2D eigenvalue weighted by atomic mass is 9.88. The zero-order valence-electron chi connectivity index (χ0n) is 19.0. The molecule has 0 bridgehead atoms. The van der Waals surface area contributed by atoms with Crippen LogP contribution in [0.4, 0.5) is 0 Å². The van der Waals surface area contributed by atoms with Crippen LogP contribution >= 0.6 is 0 Å². The van der Waals surface area contributed by atoms with Gasteiger partial charge in [-0.05, 0) is 25.0 Å². The topological polar surface area (TPSA) is 136 Å². The molecule has 1 amide bonds. The SMILES string of the molecule is O=C(CCCCCC[C@H]1C(=O)C[C@@H](O)[C@@H]1/C=C/[C@@H](O)COc1ccccc1)NC(CO)CO. The van der Waals surface area contributed by atoms with Crippen LogP contribution in [0.15, 0.2) is 42.5 Å². The lowest BCUT2D eigenvalue weighted by Gasteiger charge is -2.18. The number of aliphatic hydroxyl groups excluding tert-OH is 4. The molecule has 1 aromatic carbocycles. The quantitative estimate of drug-likeness (QED) is 0.196. The standard InChI is InChI=1S/C25H37NO7/c27-15-18(16-28)26-25(32)11-7-2-1-6-10-21-22(24(31)14-23(21)30)13-12-19(29)17-33-20-8-4-3-5-9-20/h3-5,8-9,12-13,18-19,21-22,24,27-29,31H,1-2,6-7,10-11,14-17H2,(H,26,32)/b13-12+/t19-,21-,22-,24-/m1/s1. The minimum atomic E-state index is -0.837. The summed E-state index contributed by atoms with van der Waals surface area (Å²) in [6.07, 6.45) is 6.06. The fourth-order valence-electron chi connectivity index (χ4n) is 4.05. The average Bonchev–Trinajstić information content (AvgIpc) is 3.09. The van der Waals surface area contributed by atoms with Gasteiger partial charge in [0.25, 0.3) is 0 Å². The van der Waals surface area contributed by atoms with Crippen molar-refractivity contribution in [1.82, 2.24) is 5.32 Å². The summed E-state index contributed by atoms with van der Waals surface area (Å²) in [5, 5.41) is 41.0. The summed E-state index contributed by atoms with van der Waals surface area (Å²) in [5.74, 6) is -0.0685. The molecule has 0 radical (unpaired) electrons. The Morgan fingerprint density at radius 3 is 2.52 bits per heavy atom. The van der Waals surface area contributed by atoms with Crippen LogP contribution in [0, 0.1) is 11.8 Å². The Hall–Kier alpha value is -2.26. The van der Waals surface area contributed by atoms with Gasteiger partial charge in [-0.2, -0.15) is 0 Å². The third-order valence-corrected chi connectivity index (χ3v) is 5.93. The number of ketones is 1. The van der Waals surface area contributed by atoms with Crippen molar-refractivity contribution in [1.29, 1.82) is 0 Å². The van der Waals surface area contributed by atoms with E-state index < -0.39 is 18.2 Å². The summed E-state index contributed by atoms with van der Waals surface area (Å²) < 4.78 is 5.53. The van der Waals surface area contributed by atoms with Gasteiger partial charge in [0.15, 0.2) is 0 Å². The molecule has 1 aliphatic carbocycles. The number of ether oxygens (including phenoxy) is 1. The number of para-hydroxylation sites is 1. The van der Waals surface area contributed by atoms with Gasteiger partial charge in [-0.1, -0.05) is 49.6 Å². The number of carbonyl (C=O) groups is 2. The molecule has 1 aromatic rings. The highest BCUT2D eigenvalue weighted by Crippen LogP contribution is 2.34. The molecule has 1 aliphatic rings. The van der Waals surface area contributed by atoms with Crippen LogP contribution in [0.1, 0.15) is 44.9 Å². The molecule has 33 heavy (non-hydrogen) atoms. The maximum atomic E-state index is 12.3. The van der Waals surface area contributed by atoms with E-state index in [1.807, 2.05) is 18.2 Å². The van der Waals surface area contributed by atoms with E-state index in [0.29, 0.717) is 25.0 Å². The number of nitrogens with one attached hydrogen (secondary N) is 1. The van der Waals surface area contributed by atoms with Crippen molar-refractivity contribution in [2.24, 2.45) is 11.8 Å². The third kappa shape index (κ3) is 9.63. The Kier molecular flexibility index (Phi) is 12.1. The van der Waals surface area contributed by atoms with E-state index in [9.17, 15) is 19.8 Å². The van der Waals surface area contributed by atoms with E-state index in [2.05, 4.69) is 5.32 Å². The van der Waals surface area contributed by atoms with Gasteiger partial charge >= 0.3 is 0 Å². The molecular weight excluding hydrogens is 426 g/mol. The number of hydrogen-bond donors (Lipinski definition) is 5. The van der Waals surface area contributed by atoms with Gasteiger partial charge in [-0.3, -0.25) is 9.59 Å². The van der Waals surface area contributed by atoms with Crippen LogP contribution in [0.5, 0.6) is 5.75 Å². The van der Waals surface area contributed by atoms with Crippen LogP contribution in [-0.2, 0) is 9.59 Å². The zero-order valence-corrected chi connectivity index (χ0v) is 19.0. The molecule has 1 saturated carbocycles. The van der Waals surface area contributed by atoms with Gasteiger partial charge in [0.1, 0.15) is 24.2 Å². The van der Waals surface area contributed by atoms with Gasteiger partial charge < -0.3 is 30.5 Å². The first-order chi connectivity index (χ1) is 15.9. The summed E-state index contributed by atoms with van der Waals surface area (Å²) in [6, 6.07) is 8.57. The number of Topliss-reactive ketones (excluding diaryl/α,β-unsaturated/α-hetero) is 1. The lowest BCUT2D eigenvalue weighted by molar-refractivity contribution is -0.122. The molecule has 2 rings (SSSR count). The zero-order chi connectivity index (χ0) is 24.1. The molecule has 5 N–H and O–H groups in total. The van der Waals surface area contributed by atoms with Gasteiger partial charge in [0, 0.05) is 24.7 Å². The fourth-order valence-corrected chi connectivity index (χ4v) is 4.05. The number of rotatable bonds is 15. The minimum absolute atomic E-state index is 0.0469. The van der Waals surface area contributed by atoms with E-state index in [1.165, 1.54) is 0 Å². The molecule has 8 heteroatoms. The summed E-state index contributed by atoms with van der Waals surface area (Å²) in [5.41, 5.74) is 0. The molecule has 0 heterocycles. The molecule has 4 atom stereocenters. The van der Waals surface area contributed by atoms with Gasteiger partial charge in [-0.25, -0.2) is 0 Å². The summed E-state index contributed by atoms with van der Waals surface area (Å²) in [4.78, 5) is 24.1. The molecule has 0 unspecified atom stereocenters. The van der Waals surface area contributed by atoms with Crippen molar-refractivity contribution >= 4 is 11.7 Å². The molecule has 1 fully saturated rings. The van der Waals surface area contributed by atoms with Crippen LogP contribution in [0.2, 0.25) is 0 Å². The predicted molar refractivity (Wildman–Crippen MR) is 123 cm³/mol. The van der Waals surface area contributed by atoms with Gasteiger partial charge in [0.05, 0.1) is 25.4 Å². The number of unbranched alkanes of at least 4 members (excludes halogenated alkanes) is 3. The highest BCUT2D eigenvalue weighted by Gasteiger charge is 2.39. The van der Waals surface area contributed by atoms with E-state index in [4.69, 9.17) is 14.9 Å². The van der Waals surface area contributed by atoms with E-state index in [-0.39, 0.29) is 49.8 Å². The van der Waals surface area contributed by atoms with Crippen molar-refractivity contribution in [3.63, 3.8) is 0 Å². The van der Waals surface area contributed by atoms with Crippen LogP contribution in [0.25, 0.3) is 0 Å². The van der Waals surface area contributed by atoms with E-state index in [0.717, 1.165) is 19.3 Å². The van der Waals surface area contributed by atoms with Crippen molar-refractivity contribution < 1.29 is 34.8 Å². The second-order valence-corrected chi connectivity index (χ2v) is 8.58. The highest BCUT2D eigenvalue weighted by molar-refractivity contribution is 5.84. The smallest absolute Gasteiger partial charge is 0.220 e. The van der Waals surface area contributed by atoms with Crippen molar-refractivity contribution in [3.8, 4) is 5.75 Å². The Balaban J connectivity index is 1.69. The molecular formula is C25H37NO7. The number of amides is 1.